The first-order valence-corrected chi connectivity index (χ1v) is 5.48. The fourth-order valence-corrected chi connectivity index (χ4v) is 2.13. The molecule has 1 heterocycles. The molecule has 1 N–H and O–H groups in total. The number of benzene rings is 1. The van der Waals surface area contributed by atoms with E-state index in [-0.39, 0.29) is 18.2 Å². The predicted molar refractivity (Wildman–Crippen MR) is 68.3 cm³/mol. The second-order valence-corrected chi connectivity index (χ2v) is 4.25. The number of hydrogen-bond acceptors (Lipinski definition) is 2. The fourth-order valence-electron chi connectivity index (χ4n) is 1.90. The summed E-state index contributed by atoms with van der Waals surface area (Å²) in [5, 5.41) is 3.91. The average molecular weight is 265 g/mol. The molecule has 1 unspecified atom stereocenters. The molecule has 90 valence electrons. The minimum atomic E-state index is -0.236. The van der Waals surface area contributed by atoms with E-state index in [4.69, 9.17) is 11.6 Å². The number of halogens is 3. The number of anilines is 1. The molecule has 2 nitrogen and oxygen atoms in total. The SMILES string of the molecule is CC1CNCCN1c1cc(F)ccc1Cl.Cl. The molecule has 0 aliphatic carbocycles. The quantitative estimate of drug-likeness (QED) is 0.839. The Labute approximate surface area is 106 Å². The molecule has 1 fully saturated rings. The van der Waals surface area contributed by atoms with E-state index in [0.717, 1.165) is 25.3 Å². The highest BCUT2D eigenvalue weighted by atomic mass is 35.5. The highest BCUT2D eigenvalue weighted by Crippen LogP contribution is 2.28. The van der Waals surface area contributed by atoms with Gasteiger partial charge in [0, 0.05) is 25.7 Å². The Hall–Kier alpha value is -0.510. The van der Waals surface area contributed by atoms with E-state index in [0.29, 0.717) is 11.1 Å². The van der Waals surface area contributed by atoms with E-state index in [1.165, 1.54) is 12.1 Å². The fraction of sp³-hybridized carbons (Fsp3) is 0.455. The lowest BCUT2D eigenvalue weighted by atomic mass is 10.2. The van der Waals surface area contributed by atoms with Gasteiger partial charge in [0.05, 0.1) is 10.7 Å². The number of piperazine rings is 1. The maximum atomic E-state index is 13.1. The van der Waals surface area contributed by atoms with Crippen molar-refractivity contribution in [3.8, 4) is 0 Å². The zero-order valence-corrected chi connectivity index (χ0v) is 10.6. The molecule has 16 heavy (non-hydrogen) atoms. The van der Waals surface area contributed by atoms with Crippen LogP contribution in [0.15, 0.2) is 18.2 Å². The molecular weight excluding hydrogens is 250 g/mol. The molecule has 5 heteroatoms. The normalized spacial score (nSPS) is 20.4. The van der Waals surface area contributed by atoms with Gasteiger partial charge in [0.25, 0.3) is 0 Å². The predicted octanol–water partition coefficient (Wildman–Crippen LogP) is 2.70. The summed E-state index contributed by atoms with van der Waals surface area (Å²) < 4.78 is 13.1. The first kappa shape index (κ1) is 13.6. The van der Waals surface area contributed by atoms with Crippen LogP contribution in [-0.4, -0.2) is 25.7 Å². The van der Waals surface area contributed by atoms with E-state index in [1.54, 1.807) is 6.07 Å². The van der Waals surface area contributed by atoms with Crippen LogP contribution in [0.25, 0.3) is 0 Å². The van der Waals surface area contributed by atoms with Crippen molar-refractivity contribution in [1.29, 1.82) is 0 Å². The minimum Gasteiger partial charge on any atom is -0.365 e. The van der Waals surface area contributed by atoms with Gasteiger partial charge in [-0.05, 0) is 25.1 Å². The second kappa shape index (κ2) is 5.71. The number of nitrogens with one attached hydrogen (secondary N) is 1. The largest absolute Gasteiger partial charge is 0.365 e. The van der Waals surface area contributed by atoms with Crippen LogP contribution in [0.2, 0.25) is 5.02 Å². The van der Waals surface area contributed by atoms with Crippen LogP contribution in [0.4, 0.5) is 10.1 Å². The number of hydrogen-bond donors (Lipinski definition) is 1. The molecule has 1 aromatic rings. The van der Waals surface area contributed by atoms with Gasteiger partial charge < -0.3 is 10.2 Å². The third-order valence-corrected chi connectivity index (χ3v) is 3.04. The van der Waals surface area contributed by atoms with Crippen molar-refractivity contribution in [3.05, 3.63) is 29.0 Å². The Balaban J connectivity index is 0.00000128. The summed E-state index contributed by atoms with van der Waals surface area (Å²) in [5.41, 5.74) is 0.797. The summed E-state index contributed by atoms with van der Waals surface area (Å²) in [4.78, 5) is 2.14. The first-order valence-electron chi connectivity index (χ1n) is 5.11. The zero-order valence-electron chi connectivity index (χ0n) is 9.04. The van der Waals surface area contributed by atoms with Gasteiger partial charge in [0.2, 0.25) is 0 Å². The molecule has 1 saturated heterocycles. The Kier molecular flexibility index (Phi) is 4.84. The molecule has 1 atom stereocenters. The van der Waals surface area contributed by atoms with Crippen LogP contribution < -0.4 is 10.2 Å². The maximum absolute atomic E-state index is 13.1. The molecule has 2 rings (SSSR count). The zero-order chi connectivity index (χ0) is 10.8. The smallest absolute Gasteiger partial charge is 0.125 e. The molecular formula is C11H15Cl2FN2. The molecule has 0 aromatic heterocycles. The summed E-state index contributed by atoms with van der Waals surface area (Å²) in [5.74, 6) is -0.236. The topological polar surface area (TPSA) is 15.3 Å². The summed E-state index contributed by atoms with van der Waals surface area (Å²) in [6.07, 6.45) is 0. The highest BCUT2D eigenvalue weighted by molar-refractivity contribution is 6.33. The molecule has 1 aliphatic rings. The first-order chi connectivity index (χ1) is 7.18. The molecule has 1 aromatic carbocycles. The van der Waals surface area contributed by atoms with Gasteiger partial charge in [-0.1, -0.05) is 11.6 Å². The summed E-state index contributed by atoms with van der Waals surface area (Å²) in [7, 11) is 0. The second-order valence-electron chi connectivity index (χ2n) is 3.84. The molecule has 0 saturated carbocycles. The molecule has 0 radical (unpaired) electrons. The minimum absolute atomic E-state index is 0. The number of rotatable bonds is 1. The van der Waals surface area contributed by atoms with E-state index in [1.807, 2.05) is 0 Å². The van der Waals surface area contributed by atoms with Crippen molar-refractivity contribution in [2.45, 2.75) is 13.0 Å². The van der Waals surface area contributed by atoms with Gasteiger partial charge in [0.1, 0.15) is 5.82 Å². The van der Waals surface area contributed by atoms with Crippen LogP contribution in [-0.2, 0) is 0 Å². The van der Waals surface area contributed by atoms with Crippen molar-refractivity contribution in [1.82, 2.24) is 5.32 Å². The van der Waals surface area contributed by atoms with Crippen molar-refractivity contribution in [2.24, 2.45) is 0 Å². The maximum Gasteiger partial charge on any atom is 0.125 e. The van der Waals surface area contributed by atoms with E-state index in [2.05, 4.69) is 17.1 Å². The molecule has 1 aliphatic heterocycles. The average Bonchev–Trinajstić information content (AvgIpc) is 2.23. The third-order valence-electron chi connectivity index (χ3n) is 2.72. The standard InChI is InChI=1S/C11H14ClFN2.ClH/c1-8-7-14-4-5-15(8)11-6-9(13)2-3-10(11)12;/h2-3,6,8,14H,4-5,7H2,1H3;1H. The van der Waals surface area contributed by atoms with E-state index in [9.17, 15) is 4.39 Å². The molecule has 0 amide bonds. The summed E-state index contributed by atoms with van der Waals surface area (Å²) in [6, 6.07) is 4.85. The lowest BCUT2D eigenvalue weighted by Gasteiger charge is -2.36. The van der Waals surface area contributed by atoms with Gasteiger partial charge in [-0.25, -0.2) is 4.39 Å². The van der Waals surface area contributed by atoms with Crippen molar-refractivity contribution in [2.75, 3.05) is 24.5 Å². The van der Waals surface area contributed by atoms with Crippen LogP contribution in [0, 0.1) is 5.82 Å². The third kappa shape index (κ3) is 2.78. The van der Waals surface area contributed by atoms with E-state index >= 15 is 0 Å². The lowest BCUT2D eigenvalue weighted by Crippen LogP contribution is -2.50. The van der Waals surface area contributed by atoms with Crippen molar-refractivity contribution < 1.29 is 4.39 Å². The Bertz CT molecular complexity index is 360. The van der Waals surface area contributed by atoms with Gasteiger partial charge in [0.15, 0.2) is 0 Å². The van der Waals surface area contributed by atoms with Gasteiger partial charge in [-0.3, -0.25) is 0 Å². The monoisotopic (exact) mass is 264 g/mol. The Morgan fingerprint density at radius 3 is 2.94 bits per heavy atom. The highest BCUT2D eigenvalue weighted by Gasteiger charge is 2.20. The van der Waals surface area contributed by atoms with Gasteiger partial charge in [-0.2, -0.15) is 0 Å². The van der Waals surface area contributed by atoms with Gasteiger partial charge in [-0.15, -0.1) is 12.4 Å². The molecule has 0 bridgehead atoms. The Morgan fingerprint density at radius 2 is 2.25 bits per heavy atom. The van der Waals surface area contributed by atoms with Crippen LogP contribution in [0.1, 0.15) is 6.92 Å². The molecule has 0 spiro atoms. The van der Waals surface area contributed by atoms with E-state index < -0.39 is 0 Å². The Morgan fingerprint density at radius 1 is 1.50 bits per heavy atom. The van der Waals surface area contributed by atoms with Crippen LogP contribution in [0.5, 0.6) is 0 Å². The summed E-state index contributed by atoms with van der Waals surface area (Å²) in [6.45, 7) is 4.79. The van der Waals surface area contributed by atoms with Crippen molar-refractivity contribution in [3.63, 3.8) is 0 Å². The van der Waals surface area contributed by atoms with Crippen LogP contribution in [0.3, 0.4) is 0 Å². The van der Waals surface area contributed by atoms with Crippen molar-refractivity contribution >= 4 is 29.7 Å². The van der Waals surface area contributed by atoms with Gasteiger partial charge >= 0.3 is 0 Å². The lowest BCUT2D eigenvalue weighted by molar-refractivity contribution is 0.499. The summed E-state index contributed by atoms with van der Waals surface area (Å²) >= 11 is 6.07. The number of nitrogens with zero attached hydrogens (tertiary/aromatic N) is 1. The van der Waals surface area contributed by atoms with Crippen LogP contribution >= 0.6 is 24.0 Å².